The van der Waals surface area contributed by atoms with Gasteiger partial charge in [-0.15, -0.1) is 0 Å². The van der Waals surface area contributed by atoms with Gasteiger partial charge in [0, 0.05) is 30.8 Å². The fourth-order valence-electron chi connectivity index (χ4n) is 1.76. The van der Waals surface area contributed by atoms with Gasteiger partial charge in [0.1, 0.15) is 0 Å². The van der Waals surface area contributed by atoms with Crippen LogP contribution in [0.3, 0.4) is 0 Å². The Kier molecular flexibility index (Phi) is 1.89. The predicted octanol–water partition coefficient (Wildman–Crippen LogP) is 1.10. The Morgan fingerprint density at radius 1 is 1.58 bits per heavy atom. The molecule has 12 heavy (non-hydrogen) atoms. The van der Waals surface area contributed by atoms with E-state index in [1.165, 1.54) is 23.5 Å². The van der Waals surface area contributed by atoms with E-state index >= 15 is 0 Å². The Balaban J connectivity index is 2.26. The summed E-state index contributed by atoms with van der Waals surface area (Å²) < 4.78 is 0. The summed E-state index contributed by atoms with van der Waals surface area (Å²) in [7, 11) is 0. The summed E-state index contributed by atoms with van der Waals surface area (Å²) >= 11 is 0. The molecule has 1 aromatic heterocycles. The van der Waals surface area contributed by atoms with Crippen molar-refractivity contribution in [3.63, 3.8) is 0 Å². The fraction of sp³-hybridized carbons (Fsp3) is 0.667. The maximum absolute atomic E-state index is 4.22. The van der Waals surface area contributed by atoms with E-state index in [9.17, 15) is 0 Å². The van der Waals surface area contributed by atoms with E-state index < -0.39 is 0 Å². The highest BCUT2D eigenvalue weighted by Crippen LogP contribution is 2.18. The van der Waals surface area contributed by atoms with Gasteiger partial charge in [0.05, 0.1) is 5.69 Å². The first-order valence-electron chi connectivity index (χ1n) is 4.56. The Morgan fingerprint density at radius 3 is 3.17 bits per heavy atom. The lowest BCUT2D eigenvalue weighted by molar-refractivity contribution is 0.266. The largest absolute Gasteiger partial charge is 0.299 e. The van der Waals surface area contributed by atoms with Gasteiger partial charge in [0.2, 0.25) is 0 Å². The lowest BCUT2D eigenvalue weighted by Gasteiger charge is -2.24. The van der Waals surface area contributed by atoms with E-state index in [0.717, 1.165) is 19.5 Å². The molecule has 3 heteroatoms. The Bertz CT molecular complexity index is 277. The molecule has 0 aliphatic carbocycles. The monoisotopic (exact) mass is 165 g/mol. The number of aromatic amines is 1. The molecule has 0 fully saturated rings. The molecule has 2 rings (SSSR count). The number of aryl methyl sites for hydroxylation is 1. The van der Waals surface area contributed by atoms with Crippen LogP contribution in [0.15, 0.2) is 0 Å². The molecule has 1 aliphatic rings. The Labute approximate surface area is 72.8 Å². The minimum atomic E-state index is 1.08. The number of H-pyrrole nitrogens is 1. The third kappa shape index (κ3) is 1.14. The summed E-state index contributed by atoms with van der Waals surface area (Å²) in [6, 6.07) is 0. The molecule has 0 saturated carbocycles. The van der Waals surface area contributed by atoms with E-state index in [2.05, 4.69) is 28.9 Å². The van der Waals surface area contributed by atoms with Crippen molar-refractivity contribution >= 4 is 0 Å². The third-order valence-electron chi connectivity index (χ3n) is 2.67. The number of fused-ring (bicyclic) bond motifs is 1. The molecular formula is C9H15N3. The summed E-state index contributed by atoms with van der Waals surface area (Å²) in [5.74, 6) is 0. The summed E-state index contributed by atoms with van der Waals surface area (Å²) in [6.45, 7) is 7.68. The van der Waals surface area contributed by atoms with Crippen LogP contribution < -0.4 is 0 Å². The molecule has 3 nitrogen and oxygen atoms in total. The first-order valence-corrected chi connectivity index (χ1v) is 4.56. The standard InChI is InChI=1S/C9H15N3/c1-3-12-5-4-9-8(6-12)7(2)10-11-9/h3-6H2,1-2H3,(H,10,11). The Morgan fingerprint density at radius 2 is 2.42 bits per heavy atom. The molecule has 0 spiro atoms. The van der Waals surface area contributed by atoms with Gasteiger partial charge in [-0.2, -0.15) is 5.10 Å². The minimum absolute atomic E-state index is 1.08. The van der Waals surface area contributed by atoms with Gasteiger partial charge in [0.15, 0.2) is 0 Å². The molecule has 0 bridgehead atoms. The normalized spacial score (nSPS) is 17.8. The van der Waals surface area contributed by atoms with Gasteiger partial charge in [0.25, 0.3) is 0 Å². The van der Waals surface area contributed by atoms with E-state index in [0.29, 0.717) is 0 Å². The second-order valence-corrected chi connectivity index (χ2v) is 3.38. The van der Waals surface area contributed by atoms with Crippen LogP contribution in [0.5, 0.6) is 0 Å². The molecule has 2 heterocycles. The number of nitrogens with one attached hydrogen (secondary N) is 1. The van der Waals surface area contributed by atoms with Gasteiger partial charge in [-0.25, -0.2) is 0 Å². The maximum atomic E-state index is 4.22. The molecule has 0 aromatic carbocycles. The first-order chi connectivity index (χ1) is 5.81. The van der Waals surface area contributed by atoms with Crippen LogP contribution in [-0.4, -0.2) is 28.2 Å². The number of nitrogens with zero attached hydrogens (tertiary/aromatic N) is 2. The zero-order valence-electron chi connectivity index (χ0n) is 7.72. The maximum Gasteiger partial charge on any atom is 0.0639 e. The van der Waals surface area contributed by atoms with Crippen molar-refractivity contribution in [3.05, 3.63) is 17.0 Å². The average Bonchev–Trinajstić information content (AvgIpc) is 2.47. The average molecular weight is 165 g/mol. The van der Waals surface area contributed by atoms with Gasteiger partial charge in [-0.1, -0.05) is 6.92 Å². The molecular weight excluding hydrogens is 150 g/mol. The van der Waals surface area contributed by atoms with Gasteiger partial charge < -0.3 is 0 Å². The molecule has 0 atom stereocenters. The highest BCUT2D eigenvalue weighted by Gasteiger charge is 2.18. The van der Waals surface area contributed by atoms with Crippen molar-refractivity contribution in [2.75, 3.05) is 13.1 Å². The molecule has 0 radical (unpaired) electrons. The number of hydrogen-bond donors (Lipinski definition) is 1. The van der Waals surface area contributed by atoms with Crippen molar-refractivity contribution < 1.29 is 0 Å². The van der Waals surface area contributed by atoms with Crippen LogP contribution in [0.1, 0.15) is 23.9 Å². The second kappa shape index (κ2) is 2.90. The highest BCUT2D eigenvalue weighted by molar-refractivity contribution is 5.26. The zero-order valence-corrected chi connectivity index (χ0v) is 7.72. The summed E-state index contributed by atoms with van der Waals surface area (Å²) in [5, 5.41) is 7.31. The second-order valence-electron chi connectivity index (χ2n) is 3.38. The van der Waals surface area contributed by atoms with Crippen LogP contribution in [-0.2, 0) is 13.0 Å². The van der Waals surface area contributed by atoms with Gasteiger partial charge in [-0.3, -0.25) is 10.00 Å². The number of aromatic nitrogens is 2. The highest BCUT2D eigenvalue weighted by atomic mass is 15.2. The van der Waals surface area contributed by atoms with Gasteiger partial charge >= 0.3 is 0 Å². The van der Waals surface area contributed by atoms with Crippen molar-refractivity contribution in [1.82, 2.24) is 15.1 Å². The molecule has 0 amide bonds. The predicted molar refractivity (Wildman–Crippen MR) is 48.0 cm³/mol. The van der Waals surface area contributed by atoms with E-state index in [4.69, 9.17) is 0 Å². The molecule has 1 aliphatic heterocycles. The van der Waals surface area contributed by atoms with Crippen LogP contribution in [0.4, 0.5) is 0 Å². The van der Waals surface area contributed by atoms with Crippen LogP contribution in [0, 0.1) is 6.92 Å². The molecule has 1 aromatic rings. The lowest BCUT2D eigenvalue weighted by Crippen LogP contribution is -2.30. The minimum Gasteiger partial charge on any atom is -0.299 e. The van der Waals surface area contributed by atoms with E-state index in [1.54, 1.807) is 0 Å². The van der Waals surface area contributed by atoms with Crippen molar-refractivity contribution in [1.29, 1.82) is 0 Å². The number of hydrogen-bond acceptors (Lipinski definition) is 2. The number of rotatable bonds is 1. The molecule has 0 saturated heterocycles. The molecule has 66 valence electrons. The first kappa shape index (κ1) is 7.80. The summed E-state index contributed by atoms with van der Waals surface area (Å²) in [6.07, 6.45) is 1.13. The van der Waals surface area contributed by atoms with Crippen molar-refractivity contribution in [2.24, 2.45) is 0 Å². The van der Waals surface area contributed by atoms with Crippen LogP contribution in [0.25, 0.3) is 0 Å². The SMILES string of the molecule is CCN1CCc2[nH]nc(C)c2C1. The van der Waals surface area contributed by atoms with Crippen LogP contribution in [0.2, 0.25) is 0 Å². The summed E-state index contributed by atoms with van der Waals surface area (Å²) in [5.41, 5.74) is 3.93. The van der Waals surface area contributed by atoms with E-state index in [-0.39, 0.29) is 0 Å². The van der Waals surface area contributed by atoms with Crippen molar-refractivity contribution in [3.8, 4) is 0 Å². The third-order valence-corrected chi connectivity index (χ3v) is 2.67. The van der Waals surface area contributed by atoms with Gasteiger partial charge in [-0.05, 0) is 13.5 Å². The molecule has 0 unspecified atom stereocenters. The quantitative estimate of drug-likeness (QED) is 0.675. The zero-order chi connectivity index (χ0) is 8.55. The fourth-order valence-corrected chi connectivity index (χ4v) is 1.76. The smallest absolute Gasteiger partial charge is 0.0639 e. The Hall–Kier alpha value is -0.830. The lowest BCUT2D eigenvalue weighted by atomic mass is 10.1. The molecule has 1 N–H and O–H groups in total. The summed E-state index contributed by atoms with van der Waals surface area (Å²) in [4.78, 5) is 2.45. The van der Waals surface area contributed by atoms with Crippen LogP contribution >= 0.6 is 0 Å². The topological polar surface area (TPSA) is 31.9 Å². The van der Waals surface area contributed by atoms with Crippen molar-refractivity contribution in [2.45, 2.75) is 26.8 Å². The van der Waals surface area contributed by atoms with E-state index in [1.807, 2.05) is 0 Å². The number of likely N-dealkylation sites (N-methyl/N-ethyl adjacent to an activating group) is 1.